The van der Waals surface area contributed by atoms with Crippen LogP contribution in [-0.4, -0.2) is 9.91 Å². The molecule has 0 bridgehead atoms. The summed E-state index contributed by atoms with van der Waals surface area (Å²) in [6.45, 7) is 1.94. The molecule has 88 valence electrons. The van der Waals surface area contributed by atoms with Gasteiger partial charge in [0.15, 0.2) is 0 Å². The monoisotopic (exact) mass is 230 g/mol. The van der Waals surface area contributed by atoms with Gasteiger partial charge < -0.3 is 4.98 Å². The number of aromatic amines is 1. The average molecular weight is 230 g/mol. The Hall–Kier alpha value is -2.10. The van der Waals surface area contributed by atoms with Crippen molar-refractivity contribution in [3.8, 4) is 0 Å². The molecule has 0 saturated carbocycles. The number of allylic oxidation sites excluding steroid dienone is 1. The molecule has 1 aromatic carbocycles. The van der Waals surface area contributed by atoms with Gasteiger partial charge in [-0.15, -0.1) is 0 Å². The van der Waals surface area contributed by atoms with Gasteiger partial charge in [-0.25, -0.2) is 0 Å². The lowest BCUT2D eigenvalue weighted by Crippen LogP contribution is -1.97. The zero-order valence-electron chi connectivity index (χ0n) is 9.64. The number of benzene rings is 1. The molecule has 0 unspecified atom stereocenters. The standard InChI is InChI=1S/C13H14N2O2/c1-2-5-11(15(16)17)8-10-9-14-13-7-4-3-6-12(10)13/h3-4,6-9,14H,2,5H2,1H3/b11-8+. The van der Waals surface area contributed by atoms with Gasteiger partial charge in [0.1, 0.15) is 0 Å². The molecule has 0 fully saturated rings. The molecule has 17 heavy (non-hydrogen) atoms. The van der Waals surface area contributed by atoms with E-state index in [1.54, 1.807) is 6.08 Å². The van der Waals surface area contributed by atoms with Gasteiger partial charge in [-0.05, 0) is 12.5 Å². The summed E-state index contributed by atoms with van der Waals surface area (Å²) >= 11 is 0. The predicted octanol–water partition coefficient (Wildman–Crippen LogP) is 3.59. The highest BCUT2D eigenvalue weighted by Gasteiger charge is 2.10. The molecule has 0 spiro atoms. The first-order chi connectivity index (χ1) is 8.22. The molecule has 0 radical (unpaired) electrons. The van der Waals surface area contributed by atoms with Crippen molar-refractivity contribution < 1.29 is 4.92 Å². The van der Waals surface area contributed by atoms with Gasteiger partial charge in [0.25, 0.3) is 0 Å². The fourth-order valence-corrected chi connectivity index (χ4v) is 1.87. The van der Waals surface area contributed by atoms with E-state index in [1.807, 2.05) is 37.4 Å². The summed E-state index contributed by atoms with van der Waals surface area (Å²) < 4.78 is 0. The van der Waals surface area contributed by atoms with Crippen molar-refractivity contribution in [1.29, 1.82) is 0 Å². The lowest BCUT2D eigenvalue weighted by Gasteiger charge is -1.96. The largest absolute Gasteiger partial charge is 0.361 e. The van der Waals surface area contributed by atoms with E-state index in [2.05, 4.69) is 4.98 Å². The van der Waals surface area contributed by atoms with Crippen LogP contribution < -0.4 is 0 Å². The van der Waals surface area contributed by atoms with Crippen molar-refractivity contribution in [1.82, 2.24) is 4.98 Å². The Morgan fingerprint density at radius 2 is 2.24 bits per heavy atom. The predicted molar refractivity (Wildman–Crippen MR) is 68.2 cm³/mol. The molecule has 1 heterocycles. The first kappa shape index (κ1) is 11.4. The van der Waals surface area contributed by atoms with E-state index in [4.69, 9.17) is 0 Å². The van der Waals surface area contributed by atoms with E-state index < -0.39 is 0 Å². The van der Waals surface area contributed by atoms with Gasteiger partial charge in [-0.1, -0.05) is 25.1 Å². The molecule has 0 atom stereocenters. The number of rotatable bonds is 4. The van der Waals surface area contributed by atoms with Crippen LogP contribution in [0.25, 0.3) is 17.0 Å². The zero-order chi connectivity index (χ0) is 12.3. The maximum Gasteiger partial charge on any atom is 0.246 e. The molecule has 2 aromatic rings. The minimum atomic E-state index is -0.300. The van der Waals surface area contributed by atoms with Crippen LogP contribution in [0.2, 0.25) is 0 Å². The van der Waals surface area contributed by atoms with Crippen molar-refractivity contribution in [3.63, 3.8) is 0 Å². The fourth-order valence-electron chi connectivity index (χ4n) is 1.87. The Kier molecular flexibility index (Phi) is 3.23. The van der Waals surface area contributed by atoms with Crippen molar-refractivity contribution in [3.05, 3.63) is 51.8 Å². The number of hydrogen-bond donors (Lipinski definition) is 1. The van der Waals surface area contributed by atoms with Crippen LogP contribution in [0.4, 0.5) is 0 Å². The number of H-pyrrole nitrogens is 1. The van der Waals surface area contributed by atoms with Gasteiger partial charge >= 0.3 is 0 Å². The van der Waals surface area contributed by atoms with Crippen molar-refractivity contribution in [2.24, 2.45) is 0 Å². The number of fused-ring (bicyclic) bond motifs is 1. The maximum absolute atomic E-state index is 10.9. The van der Waals surface area contributed by atoms with Crippen LogP contribution in [0.15, 0.2) is 36.2 Å². The number of para-hydroxylation sites is 1. The molecule has 0 aliphatic heterocycles. The highest BCUT2D eigenvalue weighted by Crippen LogP contribution is 2.21. The van der Waals surface area contributed by atoms with Gasteiger partial charge in [0.05, 0.1) is 4.92 Å². The molecule has 1 N–H and O–H groups in total. The van der Waals surface area contributed by atoms with Crippen molar-refractivity contribution in [2.75, 3.05) is 0 Å². The molecule has 0 saturated heterocycles. The molecule has 1 aromatic heterocycles. The lowest BCUT2D eigenvalue weighted by molar-refractivity contribution is -0.426. The fraction of sp³-hybridized carbons (Fsp3) is 0.231. The zero-order valence-corrected chi connectivity index (χ0v) is 9.64. The van der Waals surface area contributed by atoms with Crippen LogP contribution in [0.5, 0.6) is 0 Å². The van der Waals surface area contributed by atoms with Crippen molar-refractivity contribution >= 4 is 17.0 Å². The Morgan fingerprint density at radius 1 is 1.47 bits per heavy atom. The average Bonchev–Trinajstić information content (AvgIpc) is 2.72. The highest BCUT2D eigenvalue weighted by molar-refractivity contribution is 5.88. The summed E-state index contributed by atoms with van der Waals surface area (Å²) in [6, 6.07) is 7.78. The minimum absolute atomic E-state index is 0.261. The Balaban J connectivity index is 2.45. The molecule has 0 aliphatic carbocycles. The normalized spacial score (nSPS) is 11.9. The van der Waals surface area contributed by atoms with Crippen LogP contribution >= 0.6 is 0 Å². The maximum atomic E-state index is 10.9. The molecule has 4 nitrogen and oxygen atoms in total. The topological polar surface area (TPSA) is 58.9 Å². The third-order valence-corrected chi connectivity index (χ3v) is 2.68. The summed E-state index contributed by atoms with van der Waals surface area (Å²) in [6.07, 6.45) is 4.73. The number of nitrogens with one attached hydrogen (secondary N) is 1. The SMILES string of the molecule is CCC/C(=C\c1c[nH]c2ccccc12)[N+](=O)[O-]. The molecule has 4 heteroatoms. The number of nitro groups is 1. The smallest absolute Gasteiger partial charge is 0.246 e. The van der Waals surface area contributed by atoms with Crippen LogP contribution in [0.3, 0.4) is 0 Å². The Bertz CT molecular complexity index is 570. The summed E-state index contributed by atoms with van der Waals surface area (Å²) in [5.74, 6) is 0. The van der Waals surface area contributed by atoms with Crippen LogP contribution in [-0.2, 0) is 0 Å². The van der Waals surface area contributed by atoms with Crippen LogP contribution in [0.1, 0.15) is 25.3 Å². The quantitative estimate of drug-likeness (QED) is 0.644. The second-order valence-corrected chi connectivity index (χ2v) is 3.93. The molecular weight excluding hydrogens is 216 g/mol. The van der Waals surface area contributed by atoms with Gasteiger partial charge in [-0.2, -0.15) is 0 Å². The molecule has 2 rings (SSSR count). The number of aromatic nitrogens is 1. The summed E-state index contributed by atoms with van der Waals surface area (Å²) in [7, 11) is 0. The van der Waals surface area contributed by atoms with E-state index in [-0.39, 0.29) is 10.6 Å². The van der Waals surface area contributed by atoms with E-state index in [0.717, 1.165) is 22.9 Å². The minimum Gasteiger partial charge on any atom is -0.361 e. The van der Waals surface area contributed by atoms with E-state index in [9.17, 15) is 10.1 Å². The summed E-state index contributed by atoms with van der Waals surface area (Å²) in [5.41, 5.74) is 2.14. The lowest BCUT2D eigenvalue weighted by atomic mass is 10.1. The second kappa shape index (κ2) is 4.82. The first-order valence-electron chi connectivity index (χ1n) is 5.63. The third kappa shape index (κ3) is 2.36. The van der Waals surface area contributed by atoms with E-state index in [1.165, 1.54) is 0 Å². The molecule has 0 amide bonds. The first-order valence-corrected chi connectivity index (χ1v) is 5.63. The Morgan fingerprint density at radius 3 is 2.94 bits per heavy atom. The summed E-state index contributed by atoms with van der Waals surface area (Å²) in [4.78, 5) is 13.7. The molecule has 0 aliphatic rings. The second-order valence-electron chi connectivity index (χ2n) is 3.93. The number of nitrogens with zero attached hydrogens (tertiary/aromatic N) is 1. The van der Waals surface area contributed by atoms with Crippen molar-refractivity contribution in [2.45, 2.75) is 19.8 Å². The summed E-state index contributed by atoms with van der Waals surface area (Å²) in [5, 5.41) is 11.9. The van der Waals surface area contributed by atoms with Gasteiger partial charge in [-0.3, -0.25) is 10.1 Å². The van der Waals surface area contributed by atoms with E-state index >= 15 is 0 Å². The highest BCUT2D eigenvalue weighted by atomic mass is 16.6. The van der Waals surface area contributed by atoms with Gasteiger partial charge in [0, 0.05) is 35.2 Å². The third-order valence-electron chi connectivity index (χ3n) is 2.68. The van der Waals surface area contributed by atoms with Gasteiger partial charge in [0.2, 0.25) is 5.70 Å². The Labute approximate surface area is 99.1 Å². The van der Waals surface area contributed by atoms with Crippen LogP contribution in [0, 0.1) is 10.1 Å². The molecular formula is C13H14N2O2. The number of hydrogen-bond acceptors (Lipinski definition) is 2. The van der Waals surface area contributed by atoms with E-state index in [0.29, 0.717) is 6.42 Å².